The fourth-order valence-corrected chi connectivity index (χ4v) is 2.15. The molecule has 2 N–H and O–H groups in total. The normalized spacial score (nSPS) is 20.1. The van der Waals surface area contributed by atoms with E-state index in [9.17, 15) is 9.59 Å². The SMILES string of the molecule is CC(C)(C(Cl)(Br)C(=O)O)C(Cl)(Br)C(=O)O. The van der Waals surface area contributed by atoms with Gasteiger partial charge in [0, 0.05) is 5.41 Å². The standard InChI is InChI=1S/C7H8Br2Cl2O4/c1-5(2,6(8,10)3(12)13)7(9,11)4(14)15/h1-2H3,(H,12,13)(H,14,15). The van der Waals surface area contributed by atoms with Crippen molar-refractivity contribution in [3.63, 3.8) is 0 Å². The van der Waals surface area contributed by atoms with Crippen LogP contribution in [0.2, 0.25) is 0 Å². The molecule has 88 valence electrons. The van der Waals surface area contributed by atoms with Crippen LogP contribution in [-0.4, -0.2) is 29.7 Å². The van der Waals surface area contributed by atoms with E-state index in [-0.39, 0.29) is 0 Å². The molecule has 0 aromatic heterocycles. The Morgan fingerprint density at radius 3 is 1.33 bits per heavy atom. The molecule has 2 atom stereocenters. The quantitative estimate of drug-likeness (QED) is 0.728. The number of hydrogen-bond donors (Lipinski definition) is 2. The van der Waals surface area contributed by atoms with Gasteiger partial charge in [0.1, 0.15) is 0 Å². The van der Waals surface area contributed by atoms with E-state index in [4.69, 9.17) is 33.4 Å². The Bertz CT molecular complexity index is 273. The summed E-state index contributed by atoms with van der Waals surface area (Å²) >= 11 is 17.0. The molecule has 0 spiro atoms. The number of alkyl halides is 4. The zero-order chi connectivity index (χ0) is 12.7. The van der Waals surface area contributed by atoms with E-state index >= 15 is 0 Å². The van der Waals surface area contributed by atoms with Gasteiger partial charge in [0.2, 0.25) is 7.57 Å². The van der Waals surface area contributed by atoms with Gasteiger partial charge in [-0.1, -0.05) is 68.9 Å². The van der Waals surface area contributed by atoms with Gasteiger partial charge in [0.05, 0.1) is 0 Å². The number of carbonyl (C=O) groups is 2. The minimum Gasteiger partial charge on any atom is -0.479 e. The first-order chi connectivity index (χ1) is 6.39. The van der Waals surface area contributed by atoms with Crippen LogP contribution in [0.25, 0.3) is 0 Å². The van der Waals surface area contributed by atoms with Crippen molar-refractivity contribution in [2.75, 3.05) is 0 Å². The smallest absolute Gasteiger partial charge is 0.336 e. The largest absolute Gasteiger partial charge is 0.479 e. The summed E-state index contributed by atoms with van der Waals surface area (Å²) in [5, 5.41) is 17.7. The predicted octanol–water partition coefficient (Wildman–Crippen LogP) is 2.84. The molecule has 0 aliphatic heterocycles. The minimum absolute atomic E-state index is 1.32. The van der Waals surface area contributed by atoms with Crippen LogP contribution in [0.3, 0.4) is 0 Å². The Morgan fingerprint density at radius 1 is 1.00 bits per heavy atom. The minimum atomic E-state index is -2.00. The number of carboxylic acid groups (broad SMARTS) is 2. The van der Waals surface area contributed by atoms with Crippen LogP contribution in [0.4, 0.5) is 0 Å². The Kier molecular flexibility index (Phi) is 4.53. The van der Waals surface area contributed by atoms with Crippen LogP contribution >= 0.6 is 55.1 Å². The molecule has 0 saturated carbocycles. The fourth-order valence-electron chi connectivity index (χ4n) is 0.732. The molecule has 15 heavy (non-hydrogen) atoms. The van der Waals surface area contributed by atoms with Crippen LogP contribution in [0, 0.1) is 5.41 Å². The van der Waals surface area contributed by atoms with Crippen molar-refractivity contribution in [1.29, 1.82) is 0 Å². The highest BCUT2D eigenvalue weighted by Gasteiger charge is 2.62. The van der Waals surface area contributed by atoms with Crippen molar-refractivity contribution in [2.24, 2.45) is 5.41 Å². The number of carboxylic acids is 2. The zero-order valence-electron chi connectivity index (χ0n) is 7.72. The molecule has 8 heteroatoms. The summed E-state index contributed by atoms with van der Waals surface area (Å²) in [5.74, 6) is -2.83. The predicted molar refractivity (Wildman–Crippen MR) is 64.1 cm³/mol. The lowest BCUT2D eigenvalue weighted by Crippen LogP contribution is -2.54. The van der Waals surface area contributed by atoms with Crippen LogP contribution in [-0.2, 0) is 9.59 Å². The van der Waals surface area contributed by atoms with Crippen molar-refractivity contribution in [2.45, 2.75) is 21.4 Å². The molecule has 0 aromatic rings. The fraction of sp³-hybridized carbons (Fsp3) is 0.714. The van der Waals surface area contributed by atoms with E-state index in [1.54, 1.807) is 0 Å². The highest BCUT2D eigenvalue weighted by molar-refractivity contribution is 9.11. The molecule has 0 aliphatic carbocycles. The number of hydrogen-bond acceptors (Lipinski definition) is 2. The lowest BCUT2D eigenvalue weighted by Gasteiger charge is -2.40. The third-order valence-electron chi connectivity index (χ3n) is 2.11. The molecule has 0 fully saturated rings. The Hall–Kier alpha value is 0.480. The Morgan fingerprint density at radius 2 is 1.20 bits per heavy atom. The zero-order valence-corrected chi connectivity index (χ0v) is 12.4. The topological polar surface area (TPSA) is 74.6 Å². The van der Waals surface area contributed by atoms with Gasteiger partial charge in [-0.05, 0) is 0 Å². The second kappa shape index (κ2) is 4.39. The number of aliphatic carboxylic acids is 2. The average Bonchev–Trinajstić information content (AvgIpc) is 2.02. The average molecular weight is 387 g/mol. The summed E-state index contributed by atoms with van der Waals surface area (Å²) in [6.07, 6.45) is 0. The monoisotopic (exact) mass is 384 g/mol. The first kappa shape index (κ1) is 15.5. The highest BCUT2D eigenvalue weighted by atomic mass is 79.9. The van der Waals surface area contributed by atoms with Crippen molar-refractivity contribution in [3.8, 4) is 0 Å². The molecule has 4 nitrogen and oxygen atoms in total. The van der Waals surface area contributed by atoms with Gasteiger partial charge in [-0.3, -0.25) is 0 Å². The summed E-state index contributed by atoms with van der Waals surface area (Å²) in [7, 11) is 0. The van der Waals surface area contributed by atoms with Crippen molar-refractivity contribution < 1.29 is 19.8 Å². The lowest BCUT2D eigenvalue weighted by atomic mass is 9.84. The molecule has 0 heterocycles. The molecular formula is C7H8Br2Cl2O4. The molecule has 0 aliphatic rings. The summed E-state index contributed by atoms with van der Waals surface area (Å²) < 4.78 is -3.99. The lowest BCUT2D eigenvalue weighted by molar-refractivity contribution is -0.143. The van der Waals surface area contributed by atoms with E-state index in [1.165, 1.54) is 13.8 Å². The van der Waals surface area contributed by atoms with Crippen LogP contribution in [0.1, 0.15) is 13.8 Å². The van der Waals surface area contributed by atoms with Crippen molar-refractivity contribution in [3.05, 3.63) is 0 Å². The molecular weight excluding hydrogens is 379 g/mol. The van der Waals surface area contributed by atoms with Gasteiger partial charge in [-0.25, -0.2) is 9.59 Å². The van der Waals surface area contributed by atoms with E-state index in [0.29, 0.717) is 0 Å². The highest BCUT2D eigenvalue weighted by Crippen LogP contribution is 2.55. The maximum absolute atomic E-state index is 10.9. The summed E-state index contributed by atoms with van der Waals surface area (Å²) in [6, 6.07) is 0. The second-order valence-corrected chi connectivity index (χ2v) is 7.81. The molecule has 0 bridgehead atoms. The van der Waals surface area contributed by atoms with E-state index in [1.807, 2.05) is 0 Å². The van der Waals surface area contributed by atoms with Gasteiger partial charge < -0.3 is 10.2 Å². The molecule has 0 rings (SSSR count). The van der Waals surface area contributed by atoms with E-state index in [2.05, 4.69) is 31.9 Å². The maximum atomic E-state index is 10.9. The van der Waals surface area contributed by atoms with Gasteiger partial charge in [-0.2, -0.15) is 0 Å². The molecule has 0 radical (unpaired) electrons. The van der Waals surface area contributed by atoms with Crippen LogP contribution in [0.15, 0.2) is 0 Å². The van der Waals surface area contributed by atoms with Crippen molar-refractivity contribution in [1.82, 2.24) is 0 Å². The third kappa shape index (κ3) is 2.43. The second-order valence-electron chi connectivity index (χ2n) is 3.38. The molecule has 0 amide bonds. The first-order valence-electron chi connectivity index (χ1n) is 3.61. The van der Waals surface area contributed by atoms with E-state index in [0.717, 1.165) is 0 Å². The van der Waals surface area contributed by atoms with Crippen molar-refractivity contribution >= 4 is 67.0 Å². The van der Waals surface area contributed by atoms with Gasteiger partial charge in [0.15, 0.2) is 0 Å². The van der Waals surface area contributed by atoms with E-state index < -0.39 is 24.9 Å². The molecule has 0 aromatic carbocycles. The summed E-state index contributed by atoms with van der Waals surface area (Å²) in [5.41, 5.74) is -1.50. The Labute approximate surface area is 113 Å². The van der Waals surface area contributed by atoms with Crippen LogP contribution in [0.5, 0.6) is 0 Å². The van der Waals surface area contributed by atoms with Gasteiger partial charge in [-0.15, -0.1) is 0 Å². The first-order valence-corrected chi connectivity index (χ1v) is 5.95. The van der Waals surface area contributed by atoms with Crippen LogP contribution < -0.4 is 0 Å². The summed E-state index contributed by atoms with van der Waals surface area (Å²) in [6.45, 7) is 2.64. The number of halogens is 4. The molecule has 0 saturated heterocycles. The van der Waals surface area contributed by atoms with Gasteiger partial charge >= 0.3 is 11.9 Å². The molecule has 2 unspecified atom stereocenters. The Balaban J connectivity index is 5.50. The summed E-state index contributed by atoms with van der Waals surface area (Å²) in [4.78, 5) is 21.8. The third-order valence-corrected chi connectivity index (χ3v) is 6.04. The number of rotatable bonds is 4. The maximum Gasteiger partial charge on any atom is 0.336 e. The van der Waals surface area contributed by atoms with Gasteiger partial charge in [0.25, 0.3) is 0 Å².